The first kappa shape index (κ1) is 18.8. The number of imidazole rings is 1. The van der Waals surface area contributed by atoms with Gasteiger partial charge in [-0.15, -0.1) is 0 Å². The lowest BCUT2D eigenvalue weighted by molar-refractivity contribution is -0.206. The number of H-pyrrole nitrogens is 1. The number of aromatic nitrogens is 2. The highest BCUT2D eigenvalue weighted by molar-refractivity contribution is 5.90. The van der Waals surface area contributed by atoms with Gasteiger partial charge in [-0.25, -0.2) is 4.98 Å². The minimum absolute atomic E-state index is 0.0540. The van der Waals surface area contributed by atoms with Crippen LogP contribution in [0.5, 0.6) is 0 Å². The lowest BCUT2D eigenvalue weighted by Crippen LogP contribution is -2.69. The Labute approximate surface area is 152 Å². The monoisotopic (exact) mass is 366 g/mol. The molecule has 9 nitrogen and oxygen atoms in total. The second-order valence-electron chi connectivity index (χ2n) is 7.19. The minimum Gasteiger partial charge on any atom is -0.388 e. The normalized spacial score (nSPS) is 28.1. The molecule has 2 amide bonds. The molecule has 2 aliphatic heterocycles. The van der Waals surface area contributed by atoms with Crippen LogP contribution in [0.25, 0.3) is 0 Å². The van der Waals surface area contributed by atoms with Gasteiger partial charge in [-0.05, 0) is 26.2 Å². The minimum atomic E-state index is -0.870. The first-order chi connectivity index (χ1) is 12.4. The third-order valence-electron chi connectivity index (χ3n) is 5.41. The molecule has 26 heavy (non-hydrogen) atoms. The number of hydrogen-bond donors (Lipinski definition) is 3. The van der Waals surface area contributed by atoms with E-state index in [9.17, 15) is 14.7 Å². The molecule has 3 N–H and O–H groups in total. The molecule has 1 aromatic rings. The molecule has 0 saturated carbocycles. The van der Waals surface area contributed by atoms with E-state index in [4.69, 9.17) is 9.47 Å². The van der Waals surface area contributed by atoms with E-state index < -0.39 is 17.2 Å². The van der Waals surface area contributed by atoms with Gasteiger partial charge in [0, 0.05) is 39.2 Å². The van der Waals surface area contributed by atoms with E-state index in [2.05, 4.69) is 15.3 Å². The molecule has 1 aromatic heterocycles. The van der Waals surface area contributed by atoms with Crippen LogP contribution in [0.3, 0.4) is 0 Å². The molecule has 9 heteroatoms. The first-order valence-corrected chi connectivity index (χ1v) is 8.81. The van der Waals surface area contributed by atoms with Crippen molar-refractivity contribution in [2.45, 2.75) is 43.4 Å². The molecule has 3 heterocycles. The Kier molecular flexibility index (Phi) is 5.31. The summed E-state index contributed by atoms with van der Waals surface area (Å²) in [4.78, 5) is 32.9. The molecule has 0 bridgehead atoms. The van der Waals surface area contributed by atoms with Crippen LogP contribution in [0, 0.1) is 0 Å². The number of methoxy groups -OCH3 is 1. The molecule has 0 radical (unpaired) electrons. The molecule has 3 rings (SSSR count). The molecular weight excluding hydrogens is 340 g/mol. The molecule has 2 atom stereocenters. The summed E-state index contributed by atoms with van der Waals surface area (Å²) < 4.78 is 10.8. The Bertz CT molecular complexity index is 642. The summed E-state index contributed by atoms with van der Waals surface area (Å²) in [6.45, 7) is 3.13. The second-order valence-corrected chi connectivity index (χ2v) is 7.19. The average molecular weight is 366 g/mol. The number of nitrogens with zero attached hydrogens (tertiary/aromatic N) is 2. The third kappa shape index (κ3) is 3.46. The molecule has 144 valence electrons. The number of hydrogen-bond acceptors (Lipinski definition) is 6. The van der Waals surface area contributed by atoms with Gasteiger partial charge in [0.25, 0.3) is 5.91 Å². The van der Waals surface area contributed by atoms with Crippen molar-refractivity contribution < 1.29 is 24.2 Å². The maximum absolute atomic E-state index is 12.4. The topological polar surface area (TPSA) is 117 Å². The number of aromatic amines is 1. The summed E-state index contributed by atoms with van der Waals surface area (Å²) >= 11 is 0. The Balaban J connectivity index is 1.67. The molecule has 2 aliphatic rings. The number of piperidine rings is 1. The fourth-order valence-corrected chi connectivity index (χ4v) is 3.92. The first-order valence-electron chi connectivity index (χ1n) is 8.81. The summed E-state index contributed by atoms with van der Waals surface area (Å²) in [5, 5.41) is 13.9. The lowest BCUT2D eigenvalue weighted by atomic mass is 9.73. The van der Waals surface area contributed by atoms with E-state index >= 15 is 0 Å². The molecule has 0 unspecified atom stereocenters. The van der Waals surface area contributed by atoms with Crippen molar-refractivity contribution in [1.82, 2.24) is 20.2 Å². The molecule has 1 spiro atoms. The molecule has 0 aliphatic carbocycles. The number of aliphatic hydroxyl groups excluding tert-OH is 1. The van der Waals surface area contributed by atoms with Gasteiger partial charge in [-0.3, -0.25) is 9.59 Å². The summed E-state index contributed by atoms with van der Waals surface area (Å²) in [6, 6.07) is 0. The van der Waals surface area contributed by atoms with Crippen molar-refractivity contribution in [3.8, 4) is 0 Å². The molecule has 0 aromatic carbocycles. The van der Waals surface area contributed by atoms with E-state index in [0.29, 0.717) is 44.8 Å². The fourth-order valence-electron chi connectivity index (χ4n) is 3.92. The van der Waals surface area contributed by atoms with Crippen molar-refractivity contribution in [2.75, 3.05) is 33.4 Å². The van der Waals surface area contributed by atoms with E-state index in [1.807, 2.05) is 6.92 Å². The number of rotatable bonds is 4. The zero-order valence-electron chi connectivity index (χ0n) is 15.2. The zero-order chi connectivity index (χ0) is 18.8. The Morgan fingerprint density at radius 2 is 2.19 bits per heavy atom. The highest BCUT2D eigenvalue weighted by atomic mass is 16.5. The van der Waals surface area contributed by atoms with Gasteiger partial charge >= 0.3 is 0 Å². The van der Waals surface area contributed by atoms with Crippen LogP contribution in [0.1, 0.15) is 36.8 Å². The molecule has 2 saturated heterocycles. The number of aliphatic hydroxyl groups is 1. The highest BCUT2D eigenvalue weighted by Crippen LogP contribution is 2.40. The largest absolute Gasteiger partial charge is 0.388 e. The zero-order valence-corrected chi connectivity index (χ0v) is 15.2. The van der Waals surface area contributed by atoms with Crippen LogP contribution in [-0.2, 0) is 14.3 Å². The standard InChI is InChI=1S/C17H26N4O5/c1-16(20-12(22)11-25-2)5-10-26-17(15(16)24)3-8-21(9-4-17)14(23)13-18-6-7-19-13/h6-7,15,24H,3-5,8-11H2,1-2H3,(H,18,19)(H,20,22)/t15-,16+/m0/s1. The van der Waals surface area contributed by atoms with Gasteiger partial charge in [-0.2, -0.15) is 0 Å². The maximum Gasteiger partial charge on any atom is 0.289 e. The van der Waals surface area contributed by atoms with Crippen LogP contribution >= 0.6 is 0 Å². The van der Waals surface area contributed by atoms with Crippen molar-refractivity contribution in [1.29, 1.82) is 0 Å². The van der Waals surface area contributed by atoms with Gasteiger partial charge in [0.05, 0.1) is 11.1 Å². The fraction of sp³-hybridized carbons (Fsp3) is 0.706. The third-order valence-corrected chi connectivity index (χ3v) is 5.41. The molecule has 2 fully saturated rings. The van der Waals surface area contributed by atoms with Crippen LogP contribution in [0.15, 0.2) is 12.4 Å². The predicted octanol–water partition coefficient (Wildman–Crippen LogP) is -0.313. The summed E-state index contributed by atoms with van der Waals surface area (Å²) in [7, 11) is 1.45. The van der Waals surface area contributed by atoms with Crippen molar-refractivity contribution in [2.24, 2.45) is 0 Å². The van der Waals surface area contributed by atoms with Crippen molar-refractivity contribution >= 4 is 11.8 Å². The van der Waals surface area contributed by atoms with E-state index in [-0.39, 0.29) is 18.4 Å². The number of carbonyl (C=O) groups is 2. The van der Waals surface area contributed by atoms with Crippen LogP contribution in [-0.4, -0.2) is 82.4 Å². The predicted molar refractivity (Wildman–Crippen MR) is 91.5 cm³/mol. The average Bonchev–Trinajstić information content (AvgIpc) is 3.15. The van der Waals surface area contributed by atoms with E-state index in [1.165, 1.54) is 7.11 Å². The highest BCUT2D eigenvalue weighted by Gasteiger charge is 2.54. The van der Waals surface area contributed by atoms with E-state index in [1.54, 1.807) is 17.3 Å². The number of ether oxygens (including phenoxy) is 2. The summed E-state index contributed by atoms with van der Waals surface area (Å²) in [5.74, 6) is -0.120. The van der Waals surface area contributed by atoms with Crippen LogP contribution < -0.4 is 5.32 Å². The second kappa shape index (κ2) is 7.34. The van der Waals surface area contributed by atoms with Gasteiger partial charge in [-0.1, -0.05) is 0 Å². The van der Waals surface area contributed by atoms with Gasteiger partial charge < -0.3 is 29.8 Å². The number of amides is 2. The number of likely N-dealkylation sites (tertiary alicyclic amines) is 1. The van der Waals surface area contributed by atoms with Gasteiger partial charge in [0.2, 0.25) is 5.91 Å². The smallest absolute Gasteiger partial charge is 0.289 e. The number of nitrogens with one attached hydrogen (secondary N) is 2. The molecular formula is C17H26N4O5. The lowest BCUT2D eigenvalue weighted by Gasteiger charge is -2.53. The summed E-state index contributed by atoms with van der Waals surface area (Å²) in [6.07, 6.45) is 3.79. The van der Waals surface area contributed by atoms with E-state index in [0.717, 1.165) is 0 Å². The number of carbonyl (C=O) groups excluding carboxylic acids is 2. The Morgan fingerprint density at radius 1 is 1.46 bits per heavy atom. The van der Waals surface area contributed by atoms with Crippen molar-refractivity contribution in [3.63, 3.8) is 0 Å². The van der Waals surface area contributed by atoms with Crippen LogP contribution in [0.4, 0.5) is 0 Å². The Hall–Kier alpha value is -1.97. The van der Waals surface area contributed by atoms with Gasteiger partial charge in [0.15, 0.2) is 5.82 Å². The quantitative estimate of drug-likeness (QED) is 0.673. The summed E-state index contributed by atoms with van der Waals surface area (Å²) in [5.41, 5.74) is -1.56. The maximum atomic E-state index is 12.4. The van der Waals surface area contributed by atoms with Gasteiger partial charge in [0.1, 0.15) is 12.7 Å². The van der Waals surface area contributed by atoms with Crippen LogP contribution in [0.2, 0.25) is 0 Å². The SMILES string of the molecule is COCC(=O)N[C@]1(C)CCOC2(CCN(C(=O)c3ncc[nH]3)CC2)[C@H]1O. The van der Waals surface area contributed by atoms with Crippen molar-refractivity contribution in [3.05, 3.63) is 18.2 Å². The Morgan fingerprint density at radius 3 is 2.81 bits per heavy atom.